The molecule has 2 heterocycles. The van der Waals surface area contributed by atoms with Gasteiger partial charge in [-0.3, -0.25) is 29.0 Å². The minimum Gasteiger partial charge on any atom is -0.328 e. The molecule has 2 aromatic carbocycles. The van der Waals surface area contributed by atoms with Crippen molar-refractivity contribution in [1.29, 1.82) is 0 Å². The predicted octanol–water partition coefficient (Wildman–Crippen LogP) is 5.31. The molecule has 0 N–H and O–H groups in total. The van der Waals surface area contributed by atoms with Crippen molar-refractivity contribution in [3.8, 4) is 0 Å². The van der Waals surface area contributed by atoms with E-state index in [0.29, 0.717) is 35.3 Å². The second kappa shape index (κ2) is 12.0. The van der Waals surface area contributed by atoms with E-state index in [1.54, 1.807) is 36.4 Å². The van der Waals surface area contributed by atoms with Crippen LogP contribution in [-0.4, -0.2) is 86.3 Å². The number of carbonyl (C=O) groups excluding carboxylic acids is 4. The van der Waals surface area contributed by atoms with Gasteiger partial charge in [-0.15, -0.1) is 0 Å². The molecule has 0 unspecified atom stereocenters. The first-order valence-electron chi connectivity index (χ1n) is 14.2. The van der Waals surface area contributed by atoms with Gasteiger partial charge in [-0.1, -0.05) is 55.9 Å². The lowest BCUT2D eigenvalue weighted by molar-refractivity contribution is -0.890. The van der Waals surface area contributed by atoms with Crippen LogP contribution in [0.5, 0.6) is 0 Å². The lowest BCUT2D eigenvalue weighted by Gasteiger charge is -2.30. The summed E-state index contributed by atoms with van der Waals surface area (Å²) in [5.41, 5.74) is 2.10. The molecule has 0 spiro atoms. The van der Waals surface area contributed by atoms with Crippen molar-refractivity contribution < 1.29 is 23.7 Å². The van der Waals surface area contributed by atoms with Crippen molar-refractivity contribution in [3.63, 3.8) is 0 Å². The molecule has 0 saturated carbocycles. The Morgan fingerprint density at radius 2 is 0.949 bits per heavy atom. The number of fused-ring (bicyclic) bond motifs is 2. The van der Waals surface area contributed by atoms with E-state index in [-0.39, 0.29) is 23.6 Å². The quantitative estimate of drug-likeness (QED) is 0.139. The number of unbranched alkanes of at least 4 members (excludes halogenated alkanes) is 2. The summed E-state index contributed by atoms with van der Waals surface area (Å²) in [5, 5.41) is 0. The standard InChI is InChI=1S/C31H42N3O4Si/c1-34(2,21-12-18-32-28(35)24-14-6-7-15-25(24)29(32)36)20-10-5-11-22-39(3,4)23-13-19-33-30(37)26-16-8-9-17-27(26)31(33)38/h6-9,14-17H,5,10-13,18-23H2,1-4H3/q+1. The van der Waals surface area contributed by atoms with Crippen LogP contribution in [0.2, 0.25) is 25.2 Å². The Morgan fingerprint density at radius 3 is 1.41 bits per heavy atom. The Kier molecular flexibility index (Phi) is 8.86. The van der Waals surface area contributed by atoms with Gasteiger partial charge in [0.25, 0.3) is 23.6 Å². The second-order valence-electron chi connectivity index (χ2n) is 12.4. The van der Waals surface area contributed by atoms with Crippen LogP contribution < -0.4 is 0 Å². The highest BCUT2D eigenvalue weighted by Crippen LogP contribution is 2.26. The summed E-state index contributed by atoms with van der Waals surface area (Å²) in [6.07, 6.45) is 5.23. The highest BCUT2D eigenvalue weighted by molar-refractivity contribution is 6.77. The van der Waals surface area contributed by atoms with Gasteiger partial charge in [0.05, 0.1) is 49.4 Å². The summed E-state index contributed by atoms with van der Waals surface area (Å²) in [7, 11) is 3.05. The van der Waals surface area contributed by atoms with Crippen LogP contribution in [0.3, 0.4) is 0 Å². The molecule has 0 bridgehead atoms. The molecule has 39 heavy (non-hydrogen) atoms. The maximum Gasteiger partial charge on any atom is 0.261 e. The maximum atomic E-state index is 12.6. The SMILES string of the molecule is C[N+](C)(CCCCC[Si](C)(C)CCCN1C(=O)c2ccccc2C1=O)CCCN1C(=O)c2ccccc2C1=O. The number of amides is 4. The first-order chi connectivity index (χ1) is 18.5. The largest absolute Gasteiger partial charge is 0.328 e. The van der Waals surface area contributed by atoms with E-state index in [9.17, 15) is 19.2 Å². The number of quaternary nitrogens is 1. The summed E-state index contributed by atoms with van der Waals surface area (Å²) in [6, 6.07) is 16.5. The lowest BCUT2D eigenvalue weighted by atomic mass is 10.1. The topological polar surface area (TPSA) is 74.8 Å². The molecule has 0 aliphatic carbocycles. The summed E-state index contributed by atoms with van der Waals surface area (Å²) in [5.74, 6) is -0.646. The molecule has 2 aliphatic rings. The van der Waals surface area contributed by atoms with Crippen LogP contribution in [0, 0.1) is 0 Å². The third-order valence-electron chi connectivity index (χ3n) is 8.25. The fourth-order valence-electron chi connectivity index (χ4n) is 5.81. The number of rotatable bonds is 14. The molecule has 0 saturated heterocycles. The van der Waals surface area contributed by atoms with Gasteiger partial charge in [-0.2, -0.15) is 0 Å². The highest BCUT2D eigenvalue weighted by atomic mass is 28.3. The minimum absolute atomic E-state index is 0.153. The minimum atomic E-state index is -1.39. The van der Waals surface area contributed by atoms with E-state index in [1.165, 1.54) is 28.7 Å². The molecule has 7 nitrogen and oxygen atoms in total. The molecular formula is C31H42N3O4Si+. The van der Waals surface area contributed by atoms with Crippen LogP contribution >= 0.6 is 0 Å². The van der Waals surface area contributed by atoms with Crippen molar-refractivity contribution in [1.82, 2.24) is 9.80 Å². The van der Waals surface area contributed by atoms with Crippen LogP contribution in [0.4, 0.5) is 0 Å². The van der Waals surface area contributed by atoms with Crippen molar-refractivity contribution in [2.24, 2.45) is 0 Å². The van der Waals surface area contributed by atoms with Crippen molar-refractivity contribution in [3.05, 3.63) is 70.8 Å². The third kappa shape index (κ3) is 6.73. The normalized spacial score (nSPS) is 15.4. The Morgan fingerprint density at radius 1 is 0.564 bits per heavy atom. The van der Waals surface area contributed by atoms with E-state index in [1.807, 2.05) is 12.1 Å². The van der Waals surface area contributed by atoms with Gasteiger partial charge in [0, 0.05) is 27.6 Å². The molecule has 208 valence electrons. The molecule has 2 aromatic rings. The summed E-state index contributed by atoms with van der Waals surface area (Å²) in [4.78, 5) is 53.1. The third-order valence-corrected chi connectivity index (χ3v) is 11.7. The van der Waals surface area contributed by atoms with Crippen LogP contribution in [0.15, 0.2) is 48.5 Å². The number of imide groups is 2. The Labute approximate surface area is 233 Å². The average molecular weight is 549 g/mol. The fraction of sp³-hybridized carbons (Fsp3) is 0.484. The number of hydrogen-bond acceptors (Lipinski definition) is 4. The van der Waals surface area contributed by atoms with E-state index in [0.717, 1.165) is 42.9 Å². The highest BCUT2D eigenvalue weighted by Gasteiger charge is 2.36. The number of benzene rings is 2. The van der Waals surface area contributed by atoms with E-state index >= 15 is 0 Å². The molecule has 4 rings (SSSR count). The monoisotopic (exact) mass is 548 g/mol. The van der Waals surface area contributed by atoms with Gasteiger partial charge < -0.3 is 4.48 Å². The van der Waals surface area contributed by atoms with Crippen LogP contribution in [0.25, 0.3) is 0 Å². The first kappa shape index (κ1) is 28.9. The molecule has 8 heteroatoms. The zero-order valence-corrected chi connectivity index (χ0v) is 24.9. The Hall–Kier alpha value is -3.10. The molecule has 2 aliphatic heterocycles. The molecule has 4 amide bonds. The molecule has 0 fully saturated rings. The van der Waals surface area contributed by atoms with E-state index in [2.05, 4.69) is 27.2 Å². The summed E-state index contributed by atoms with van der Waals surface area (Å²) < 4.78 is 0.879. The molecule has 0 aromatic heterocycles. The molecule has 0 atom stereocenters. The summed E-state index contributed by atoms with van der Waals surface area (Å²) in [6.45, 7) is 7.79. The van der Waals surface area contributed by atoms with Crippen molar-refractivity contribution in [2.75, 3.05) is 40.3 Å². The van der Waals surface area contributed by atoms with Gasteiger partial charge >= 0.3 is 0 Å². The number of nitrogens with zero attached hydrogens (tertiary/aromatic N) is 3. The lowest BCUT2D eigenvalue weighted by Crippen LogP contribution is -2.43. The fourth-order valence-corrected chi connectivity index (χ4v) is 8.39. The van der Waals surface area contributed by atoms with Gasteiger partial charge in [-0.05, 0) is 43.5 Å². The number of hydrogen-bond donors (Lipinski definition) is 0. The van der Waals surface area contributed by atoms with Gasteiger partial charge in [0.15, 0.2) is 0 Å². The smallest absolute Gasteiger partial charge is 0.261 e. The Bertz CT molecular complexity index is 1090. The first-order valence-corrected chi connectivity index (χ1v) is 17.6. The van der Waals surface area contributed by atoms with Gasteiger partial charge in [0.1, 0.15) is 0 Å². The average Bonchev–Trinajstić information content (AvgIpc) is 3.29. The van der Waals surface area contributed by atoms with Gasteiger partial charge in [0.2, 0.25) is 0 Å². The zero-order chi connectivity index (χ0) is 28.2. The van der Waals surface area contributed by atoms with Crippen LogP contribution in [0.1, 0.15) is 73.5 Å². The van der Waals surface area contributed by atoms with E-state index < -0.39 is 8.07 Å². The van der Waals surface area contributed by atoms with Crippen LogP contribution in [-0.2, 0) is 0 Å². The van der Waals surface area contributed by atoms with Gasteiger partial charge in [-0.25, -0.2) is 0 Å². The van der Waals surface area contributed by atoms with E-state index in [4.69, 9.17) is 0 Å². The molecular weight excluding hydrogens is 506 g/mol. The Balaban J connectivity index is 1.10. The maximum absolute atomic E-state index is 12.6. The number of carbonyl (C=O) groups is 4. The second-order valence-corrected chi connectivity index (χ2v) is 17.8. The molecule has 0 radical (unpaired) electrons. The summed E-state index contributed by atoms with van der Waals surface area (Å²) >= 11 is 0. The van der Waals surface area contributed by atoms with Crippen molar-refractivity contribution >= 4 is 31.7 Å². The van der Waals surface area contributed by atoms with Crippen molar-refractivity contribution in [2.45, 2.75) is 57.3 Å². The zero-order valence-electron chi connectivity index (χ0n) is 23.9. The predicted molar refractivity (Wildman–Crippen MR) is 156 cm³/mol.